The molecule has 0 saturated carbocycles. The van der Waals surface area contributed by atoms with E-state index in [0.29, 0.717) is 39.3 Å². The molecule has 0 amide bonds. The molecule has 6 saturated heterocycles. The molecule has 434 valence electrons. The molecule has 0 N–H and O–H groups in total. The fraction of sp³-hybridized carbons (Fsp3) is 1.00. The van der Waals surface area contributed by atoms with Gasteiger partial charge in [0.1, 0.15) is 0 Å². The molecular weight excluding hydrogens is 885 g/mol. The largest absolute Gasteiger partial charge is 0.306 e. The third-order valence-corrected chi connectivity index (χ3v) is 16.8. The van der Waals surface area contributed by atoms with Crippen molar-refractivity contribution in [2.45, 2.75) is 251 Å². The first kappa shape index (κ1) is 71.6. The summed E-state index contributed by atoms with van der Waals surface area (Å²) in [6.45, 7) is 76.6. The zero-order chi connectivity index (χ0) is 54.8. The molecule has 6 aliphatic heterocycles. The van der Waals surface area contributed by atoms with E-state index in [9.17, 15) is 0 Å². The van der Waals surface area contributed by atoms with Crippen LogP contribution in [0.3, 0.4) is 0 Å². The normalized spacial score (nSPS) is 23.0. The monoisotopic (exact) mass is 1020 g/mol. The summed E-state index contributed by atoms with van der Waals surface area (Å²) in [5.74, 6) is 1.90. The van der Waals surface area contributed by atoms with Crippen molar-refractivity contribution in [1.82, 2.24) is 49.0 Å². The Morgan fingerprint density at radius 3 is 0.847 bits per heavy atom. The van der Waals surface area contributed by atoms with Crippen LogP contribution in [0.25, 0.3) is 0 Å². The highest BCUT2D eigenvalue weighted by Crippen LogP contribution is 2.25. The Hall–Kier alpha value is -0.400. The number of likely N-dealkylation sites (N-methyl/N-ethyl adjacent to an activating group) is 2. The second-order valence-corrected chi connectivity index (χ2v) is 29.4. The van der Waals surface area contributed by atoms with Crippen LogP contribution in [-0.4, -0.2) is 240 Å². The molecule has 0 unspecified atom stereocenters. The molecule has 0 atom stereocenters. The molecule has 0 aromatic carbocycles. The van der Waals surface area contributed by atoms with Crippen LogP contribution >= 0.6 is 0 Å². The fourth-order valence-electron chi connectivity index (χ4n) is 10.5. The van der Waals surface area contributed by atoms with Crippen molar-refractivity contribution in [3.8, 4) is 0 Å². The molecule has 10 nitrogen and oxygen atoms in total. The van der Waals surface area contributed by atoms with Gasteiger partial charge >= 0.3 is 0 Å². The quantitative estimate of drug-likeness (QED) is 0.273. The van der Waals surface area contributed by atoms with Crippen LogP contribution in [-0.2, 0) is 0 Å². The van der Waals surface area contributed by atoms with Gasteiger partial charge in [0.25, 0.3) is 0 Å². The second kappa shape index (κ2) is 32.5. The zero-order valence-corrected chi connectivity index (χ0v) is 53.5. The van der Waals surface area contributed by atoms with Crippen molar-refractivity contribution in [3.63, 3.8) is 0 Å². The van der Waals surface area contributed by atoms with E-state index in [2.05, 4.69) is 229 Å². The summed E-state index contributed by atoms with van der Waals surface area (Å²) in [4.78, 5) is 25.3. The minimum absolute atomic E-state index is 0. The Balaban J connectivity index is 0.000000839. The van der Waals surface area contributed by atoms with Crippen LogP contribution in [0.1, 0.15) is 205 Å². The van der Waals surface area contributed by atoms with Gasteiger partial charge in [-0.2, -0.15) is 0 Å². The number of piperidine rings is 3. The maximum absolute atomic E-state index is 2.59. The number of piperazine rings is 3. The Morgan fingerprint density at radius 1 is 0.375 bits per heavy atom. The predicted octanol–water partition coefficient (Wildman–Crippen LogP) is 11.7. The average molecular weight is 1020 g/mol. The van der Waals surface area contributed by atoms with Gasteiger partial charge in [-0.25, -0.2) is 0 Å². The fourth-order valence-corrected chi connectivity index (χ4v) is 10.5. The van der Waals surface area contributed by atoms with Gasteiger partial charge in [-0.3, -0.25) is 34.3 Å². The highest BCUT2D eigenvalue weighted by Gasteiger charge is 2.30. The highest BCUT2D eigenvalue weighted by atomic mass is 15.3. The predicted molar refractivity (Wildman–Crippen MR) is 325 cm³/mol. The molecule has 0 aromatic heterocycles. The Labute approximate surface area is 455 Å². The van der Waals surface area contributed by atoms with Crippen molar-refractivity contribution < 1.29 is 0 Å². The summed E-state index contributed by atoms with van der Waals surface area (Å²) in [6.07, 6.45) is 8.19. The molecule has 0 aliphatic carbocycles. The van der Waals surface area contributed by atoms with Gasteiger partial charge in [0, 0.05) is 137 Å². The molecule has 72 heavy (non-hydrogen) atoms. The van der Waals surface area contributed by atoms with Gasteiger partial charge in [-0.05, 0) is 243 Å². The number of hydrogen-bond acceptors (Lipinski definition) is 10. The summed E-state index contributed by atoms with van der Waals surface area (Å²) in [5.41, 5.74) is 2.21. The number of hydrogen-bond donors (Lipinski definition) is 0. The van der Waals surface area contributed by atoms with Crippen molar-refractivity contribution in [3.05, 3.63) is 0 Å². The van der Waals surface area contributed by atoms with E-state index in [4.69, 9.17) is 0 Å². The second-order valence-electron chi connectivity index (χ2n) is 29.4. The third-order valence-electron chi connectivity index (χ3n) is 16.8. The molecule has 6 aliphatic rings. The summed E-state index contributed by atoms with van der Waals surface area (Å²) in [5, 5.41) is 0. The molecule has 6 heterocycles. The van der Waals surface area contributed by atoms with Gasteiger partial charge in [-0.15, -0.1) is 0 Å². The van der Waals surface area contributed by atoms with Crippen molar-refractivity contribution in [1.29, 1.82) is 0 Å². The van der Waals surface area contributed by atoms with Crippen LogP contribution in [0.2, 0.25) is 0 Å². The topological polar surface area (TPSA) is 32.4 Å². The first-order valence-electron chi connectivity index (χ1n) is 29.7. The summed E-state index contributed by atoms with van der Waals surface area (Å²) < 4.78 is 0. The van der Waals surface area contributed by atoms with Crippen LogP contribution < -0.4 is 0 Å². The number of rotatable bonds is 3. The lowest BCUT2D eigenvalue weighted by molar-refractivity contribution is 0.0491. The lowest BCUT2D eigenvalue weighted by Crippen LogP contribution is -2.54. The molecule has 6 fully saturated rings. The van der Waals surface area contributed by atoms with E-state index in [-0.39, 0.29) is 7.43 Å². The molecule has 0 bridgehead atoms. The van der Waals surface area contributed by atoms with Crippen molar-refractivity contribution in [2.24, 2.45) is 11.8 Å². The molecule has 10 heteroatoms. The van der Waals surface area contributed by atoms with Crippen molar-refractivity contribution >= 4 is 0 Å². The maximum atomic E-state index is 2.59. The van der Waals surface area contributed by atoms with Crippen LogP contribution in [0.4, 0.5) is 0 Å². The van der Waals surface area contributed by atoms with Crippen molar-refractivity contribution in [2.75, 3.05) is 145 Å². The Kier molecular flexibility index (Phi) is 32.3. The molecule has 0 radical (unpaired) electrons. The van der Waals surface area contributed by atoms with E-state index in [1.807, 2.05) is 0 Å². The van der Waals surface area contributed by atoms with E-state index in [0.717, 1.165) is 17.9 Å². The minimum Gasteiger partial charge on any atom is -0.306 e. The lowest BCUT2D eigenvalue weighted by atomic mass is 9.95. The van der Waals surface area contributed by atoms with Crippen LogP contribution in [0.5, 0.6) is 0 Å². The lowest BCUT2D eigenvalue weighted by Gasteiger charge is -2.43. The van der Waals surface area contributed by atoms with E-state index >= 15 is 0 Å². The van der Waals surface area contributed by atoms with E-state index in [1.54, 1.807) is 0 Å². The van der Waals surface area contributed by atoms with Gasteiger partial charge in [-0.1, -0.05) is 28.2 Å². The Morgan fingerprint density at radius 2 is 0.611 bits per heavy atom. The zero-order valence-electron chi connectivity index (χ0n) is 53.5. The number of nitrogens with zero attached hydrogens (tertiary/aromatic N) is 10. The first-order chi connectivity index (χ1) is 32.4. The molecule has 0 aromatic rings. The number of likely N-dealkylation sites (tertiary alicyclic amines) is 3. The minimum atomic E-state index is 0. The van der Waals surface area contributed by atoms with E-state index in [1.165, 1.54) is 163 Å². The first-order valence-corrected chi connectivity index (χ1v) is 29.7. The SMILES string of the molecule is C.CC(C)N1CCN(C(C)(C)C)CC1.CC1CCN(C(C)(C)C)CC1.CC1CCN(C(C)(C)C)CC1.CCN1CCN(C(C)(C)C)CC1.CN(C)C1CCN(C(C)(C)C)CC1.CN1CCN(C(C)(C)C)CC1. The Bertz CT molecular complexity index is 1200. The van der Waals surface area contributed by atoms with Gasteiger partial charge < -0.3 is 14.7 Å². The summed E-state index contributed by atoms with van der Waals surface area (Å²) in [6, 6.07) is 1.51. The van der Waals surface area contributed by atoms with E-state index < -0.39 is 0 Å². The summed E-state index contributed by atoms with van der Waals surface area (Å²) >= 11 is 0. The molecule has 0 spiro atoms. The third kappa shape index (κ3) is 29.4. The standard InChI is InChI=1S/2C11H24N2.C10H22N2.2C10H21N.C9H20N2.CH4/c1-11(2,3)13-8-6-10(7-9-13)12(4)5;1-10(2)12-6-8-13(9-7-12)11(3,4)5;1-5-11-6-8-12(9-7-11)10(2,3)4;2*1-9-5-7-11(8-6-9)10(2,3)4;1-9(2,3)11-7-5-10(4)6-8-11;/h2*10H,6-9H2,1-5H3;5-9H2,1-4H3;2*9H,5-8H2,1-4H3;5-8H2,1-4H3;1H4. The summed E-state index contributed by atoms with van der Waals surface area (Å²) in [7, 11) is 6.58. The van der Waals surface area contributed by atoms with Crippen LogP contribution in [0, 0.1) is 11.8 Å². The van der Waals surface area contributed by atoms with Gasteiger partial charge in [0.15, 0.2) is 0 Å². The molecular formula is C62H136N10. The highest BCUT2D eigenvalue weighted by molar-refractivity contribution is 4.87. The van der Waals surface area contributed by atoms with Gasteiger partial charge in [0.2, 0.25) is 0 Å². The van der Waals surface area contributed by atoms with Gasteiger partial charge in [0.05, 0.1) is 0 Å². The maximum Gasteiger partial charge on any atom is 0.0126 e. The van der Waals surface area contributed by atoms with Crippen LogP contribution in [0.15, 0.2) is 0 Å². The smallest absolute Gasteiger partial charge is 0.0126 e. The molecule has 6 rings (SSSR count). The average Bonchev–Trinajstić information content (AvgIpc) is 3.26.